The molecule has 19 heavy (non-hydrogen) atoms. The molecule has 0 aliphatic rings. The summed E-state index contributed by atoms with van der Waals surface area (Å²) in [5.74, 6) is 1.08. The number of nitrogens with one attached hydrogen (secondary N) is 1. The zero-order valence-electron chi connectivity index (χ0n) is 9.62. The summed E-state index contributed by atoms with van der Waals surface area (Å²) in [6, 6.07) is 7.60. The summed E-state index contributed by atoms with van der Waals surface area (Å²) in [6.07, 6.45) is 4.39. The number of oxazole rings is 1. The summed E-state index contributed by atoms with van der Waals surface area (Å²) in [4.78, 5) is 15.5. The Bertz CT molecular complexity index is 686. The molecule has 3 aromatic rings. The van der Waals surface area contributed by atoms with Crippen molar-refractivity contribution in [3.05, 3.63) is 48.5 Å². The van der Waals surface area contributed by atoms with Gasteiger partial charge in [0.1, 0.15) is 6.33 Å². The summed E-state index contributed by atoms with van der Waals surface area (Å²) in [7, 11) is 0. The van der Waals surface area contributed by atoms with Crippen LogP contribution in [0.1, 0.15) is 0 Å². The van der Waals surface area contributed by atoms with Gasteiger partial charge < -0.3 is 9.73 Å². The van der Waals surface area contributed by atoms with Crippen LogP contribution in [0, 0.1) is 0 Å². The second-order valence-corrected chi connectivity index (χ2v) is 3.99. The van der Waals surface area contributed by atoms with E-state index in [0.717, 1.165) is 11.3 Å². The molecule has 0 saturated heterocycles. The van der Waals surface area contributed by atoms with Gasteiger partial charge in [-0.15, -0.1) is 0 Å². The fourth-order valence-corrected chi connectivity index (χ4v) is 1.70. The van der Waals surface area contributed by atoms with E-state index in [1.807, 2.05) is 24.3 Å². The van der Waals surface area contributed by atoms with Crippen molar-refractivity contribution in [2.45, 2.75) is 0 Å². The first kappa shape index (κ1) is 11.6. The summed E-state index contributed by atoms with van der Waals surface area (Å²) in [5.41, 5.74) is 1.72. The number of rotatable bonds is 3. The van der Waals surface area contributed by atoms with Gasteiger partial charge in [-0.3, -0.25) is 0 Å². The second-order valence-electron chi connectivity index (χ2n) is 3.65. The third-order valence-corrected chi connectivity index (χ3v) is 2.56. The van der Waals surface area contributed by atoms with Crippen LogP contribution >= 0.6 is 11.6 Å². The predicted octanol–water partition coefficient (Wildman–Crippen LogP) is 2.92. The highest BCUT2D eigenvalue weighted by molar-refractivity contribution is 6.28. The van der Waals surface area contributed by atoms with Crippen LogP contribution in [0.5, 0.6) is 0 Å². The third-order valence-electron chi connectivity index (χ3n) is 2.38. The van der Waals surface area contributed by atoms with Gasteiger partial charge in [-0.1, -0.05) is 12.1 Å². The van der Waals surface area contributed by atoms with Gasteiger partial charge in [0.15, 0.2) is 12.2 Å². The Hall–Kier alpha value is -2.47. The molecule has 0 spiro atoms. The lowest BCUT2D eigenvalue weighted by Crippen LogP contribution is -1.97. The molecule has 0 atom stereocenters. The van der Waals surface area contributed by atoms with Crippen molar-refractivity contribution < 1.29 is 4.42 Å². The summed E-state index contributed by atoms with van der Waals surface area (Å²) < 4.78 is 5.24. The molecule has 0 aliphatic heterocycles. The van der Waals surface area contributed by atoms with E-state index in [1.165, 1.54) is 12.7 Å². The minimum Gasteiger partial charge on any atom is -0.444 e. The maximum atomic E-state index is 5.70. The average molecular weight is 274 g/mol. The predicted molar refractivity (Wildman–Crippen MR) is 70.1 cm³/mol. The lowest BCUT2D eigenvalue weighted by Gasteiger charge is -2.05. The molecule has 0 fully saturated rings. The van der Waals surface area contributed by atoms with Crippen molar-refractivity contribution >= 4 is 23.2 Å². The molecule has 94 valence electrons. The first-order chi connectivity index (χ1) is 9.31. The number of anilines is 2. The maximum absolute atomic E-state index is 5.70. The Kier molecular flexibility index (Phi) is 3.07. The molecule has 0 saturated carbocycles. The Morgan fingerprint density at radius 3 is 2.95 bits per heavy atom. The highest BCUT2D eigenvalue weighted by Crippen LogP contribution is 2.23. The Balaban J connectivity index is 1.88. The first-order valence-corrected chi connectivity index (χ1v) is 5.79. The maximum Gasteiger partial charge on any atom is 0.231 e. The van der Waals surface area contributed by atoms with E-state index in [0.29, 0.717) is 11.7 Å². The standard InChI is InChI=1S/C12H8ClN5O/c13-11-15-6-16-12(18-11)17-9-3-1-2-8(4-9)10-5-14-7-19-10/h1-7H,(H,15,16,17,18). The van der Waals surface area contributed by atoms with E-state index >= 15 is 0 Å². The van der Waals surface area contributed by atoms with Gasteiger partial charge in [0.05, 0.1) is 6.20 Å². The van der Waals surface area contributed by atoms with Crippen molar-refractivity contribution in [3.63, 3.8) is 0 Å². The summed E-state index contributed by atoms with van der Waals surface area (Å²) >= 11 is 5.70. The number of nitrogens with zero attached hydrogens (tertiary/aromatic N) is 4. The van der Waals surface area contributed by atoms with Crippen molar-refractivity contribution in [2.24, 2.45) is 0 Å². The molecule has 0 unspecified atom stereocenters. The van der Waals surface area contributed by atoms with E-state index in [2.05, 4.69) is 25.3 Å². The van der Waals surface area contributed by atoms with E-state index in [1.54, 1.807) is 6.20 Å². The molecule has 7 heteroatoms. The smallest absolute Gasteiger partial charge is 0.231 e. The Morgan fingerprint density at radius 2 is 2.16 bits per heavy atom. The van der Waals surface area contributed by atoms with Gasteiger partial charge in [0, 0.05) is 11.3 Å². The zero-order chi connectivity index (χ0) is 13.1. The van der Waals surface area contributed by atoms with E-state index in [-0.39, 0.29) is 5.28 Å². The van der Waals surface area contributed by atoms with Crippen LogP contribution in [0.25, 0.3) is 11.3 Å². The van der Waals surface area contributed by atoms with Crippen LogP contribution in [0.3, 0.4) is 0 Å². The summed E-state index contributed by atoms with van der Waals surface area (Å²) in [6.45, 7) is 0. The second kappa shape index (κ2) is 5.03. The molecule has 0 radical (unpaired) electrons. The van der Waals surface area contributed by atoms with Crippen LogP contribution in [-0.4, -0.2) is 19.9 Å². The normalized spacial score (nSPS) is 10.4. The van der Waals surface area contributed by atoms with Crippen LogP contribution in [-0.2, 0) is 0 Å². The molecule has 2 aromatic heterocycles. The summed E-state index contributed by atoms with van der Waals surface area (Å²) in [5, 5.41) is 3.18. The van der Waals surface area contributed by atoms with Crippen molar-refractivity contribution in [1.82, 2.24) is 19.9 Å². The number of halogens is 1. The number of aromatic nitrogens is 4. The van der Waals surface area contributed by atoms with Gasteiger partial charge in [0.25, 0.3) is 0 Å². The molecule has 1 aromatic carbocycles. The minimum absolute atomic E-state index is 0.142. The largest absolute Gasteiger partial charge is 0.444 e. The van der Waals surface area contributed by atoms with Gasteiger partial charge >= 0.3 is 0 Å². The van der Waals surface area contributed by atoms with Crippen molar-refractivity contribution in [2.75, 3.05) is 5.32 Å². The Morgan fingerprint density at radius 1 is 1.21 bits per heavy atom. The quantitative estimate of drug-likeness (QED) is 0.791. The van der Waals surface area contributed by atoms with E-state index < -0.39 is 0 Å². The monoisotopic (exact) mass is 273 g/mol. The molecular formula is C12H8ClN5O. The molecular weight excluding hydrogens is 266 g/mol. The molecule has 0 amide bonds. The molecule has 0 bridgehead atoms. The molecule has 1 N–H and O–H groups in total. The molecule has 2 heterocycles. The highest BCUT2D eigenvalue weighted by Gasteiger charge is 2.04. The van der Waals surface area contributed by atoms with Crippen LogP contribution in [0.2, 0.25) is 5.28 Å². The highest BCUT2D eigenvalue weighted by atomic mass is 35.5. The fraction of sp³-hybridized carbons (Fsp3) is 0. The molecule has 3 rings (SSSR count). The van der Waals surface area contributed by atoms with Gasteiger partial charge in [-0.05, 0) is 23.7 Å². The Labute approximate surface area is 113 Å². The van der Waals surface area contributed by atoms with Gasteiger partial charge in [-0.25, -0.2) is 15.0 Å². The molecule has 6 nitrogen and oxygen atoms in total. The SMILES string of the molecule is Clc1ncnc(Nc2cccc(-c3cnco3)c2)n1. The number of hydrogen-bond donors (Lipinski definition) is 1. The van der Waals surface area contributed by atoms with Crippen molar-refractivity contribution in [1.29, 1.82) is 0 Å². The van der Waals surface area contributed by atoms with E-state index in [9.17, 15) is 0 Å². The van der Waals surface area contributed by atoms with Gasteiger partial charge in [0.2, 0.25) is 11.2 Å². The molecule has 0 aliphatic carbocycles. The minimum atomic E-state index is 0.142. The van der Waals surface area contributed by atoms with Gasteiger partial charge in [-0.2, -0.15) is 4.98 Å². The van der Waals surface area contributed by atoms with E-state index in [4.69, 9.17) is 16.0 Å². The lowest BCUT2D eigenvalue weighted by molar-refractivity contribution is 0.572. The average Bonchev–Trinajstić information content (AvgIpc) is 2.93. The number of benzene rings is 1. The van der Waals surface area contributed by atoms with Crippen molar-refractivity contribution in [3.8, 4) is 11.3 Å². The first-order valence-electron chi connectivity index (χ1n) is 5.42. The number of hydrogen-bond acceptors (Lipinski definition) is 6. The third kappa shape index (κ3) is 2.69. The topological polar surface area (TPSA) is 76.7 Å². The fourth-order valence-electron chi connectivity index (χ4n) is 1.57. The van der Waals surface area contributed by atoms with Crippen LogP contribution in [0.15, 0.2) is 47.6 Å². The van der Waals surface area contributed by atoms with Crippen LogP contribution in [0.4, 0.5) is 11.6 Å². The zero-order valence-corrected chi connectivity index (χ0v) is 10.4. The van der Waals surface area contributed by atoms with Crippen LogP contribution < -0.4 is 5.32 Å². The lowest BCUT2D eigenvalue weighted by atomic mass is 10.1.